The molecule has 0 amide bonds. The summed E-state index contributed by atoms with van der Waals surface area (Å²) in [5, 5.41) is 1.85. The van der Waals surface area contributed by atoms with Crippen molar-refractivity contribution in [1.29, 1.82) is 0 Å². The minimum Gasteiger partial charge on any atom is -0.466 e. The highest BCUT2D eigenvalue weighted by atomic mass is 35.5. The number of benzene rings is 3. The predicted octanol–water partition coefficient (Wildman–Crippen LogP) is 6.26. The van der Waals surface area contributed by atoms with Gasteiger partial charge in [-0.25, -0.2) is 0 Å². The molecule has 0 fully saturated rings. The van der Waals surface area contributed by atoms with Crippen molar-refractivity contribution in [3.05, 3.63) is 105 Å². The first-order valence-corrected chi connectivity index (χ1v) is 10.7. The molecular weight excluding hydrogens is 441 g/mol. The molecule has 0 bridgehead atoms. The number of esters is 1. The van der Waals surface area contributed by atoms with E-state index in [9.17, 15) is 4.79 Å². The van der Waals surface area contributed by atoms with E-state index in [2.05, 4.69) is 0 Å². The average Bonchev–Trinajstić information content (AvgIpc) is 2.74. The van der Waals surface area contributed by atoms with E-state index in [4.69, 9.17) is 45.3 Å². The van der Waals surface area contributed by atoms with Crippen LogP contribution in [0.4, 0.5) is 0 Å². The standard InChI is InChI=1S/C24H22Cl3NO2/c25-20-8-2-17(3-9-20)24(16-23(29)30-15-1-14-28,18-4-10-21(26)11-5-18)19-6-12-22(27)13-7-19/h2-13H,1,14-16,28H2. The fourth-order valence-electron chi connectivity index (χ4n) is 3.55. The van der Waals surface area contributed by atoms with Gasteiger partial charge in [0.1, 0.15) is 0 Å². The van der Waals surface area contributed by atoms with Gasteiger partial charge in [-0.1, -0.05) is 71.2 Å². The molecule has 0 aliphatic rings. The SMILES string of the molecule is NCCCOC(=O)CC(c1ccc(Cl)cc1)(c1ccc(Cl)cc1)c1ccc(Cl)cc1. The first-order valence-electron chi connectivity index (χ1n) is 9.59. The number of nitrogens with two attached hydrogens (primary N) is 1. The second kappa shape index (κ2) is 10.3. The average molecular weight is 463 g/mol. The van der Waals surface area contributed by atoms with Crippen molar-refractivity contribution >= 4 is 40.8 Å². The molecule has 0 unspecified atom stereocenters. The number of carbonyl (C=O) groups is 1. The molecule has 3 aromatic carbocycles. The number of ether oxygens (including phenoxy) is 1. The highest BCUT2D eigenvalue weighted by molar-refractivity contribution is 6.31. The van der Waals surface area contributed by atoms with Gasteiger partial charge in [-0.3, -0.25) is 4.79 Å². The van der Waals surface area contributed by atoms with Crippen molar-refractivity contribution in [2.45, 2.75) is 18.3 Å². The van der Waals surface area contributed by atoms with E-state index in [0.29, 0.717) is 28.0 Å². The van der Waals surface area contributed by atoms with E-state index >= 15 is 0 Å². The summed E-state index contributed by atoms with van der Waals surface area (Å²) in [5.41, 5.74) is 7.45. The molecule has 3 nitrogen and oxygen atoms in total. The van der Waals surface area contributed by atoms with Crippen LogP contribution in [0.15, 0.2) is 72.8 Å². The van der Waals surface area contributed by atoms with Gasteiger partial charge in [0.15, 0.2) is 0 Å². The molecule has 0 saturated heterocycles. The van der Waals surface area contributed by atoms with Crippen molar-refractivity contribution in [3.63, 3.8) is 0 Å². The molecule has 0 atom stereocenters. The number of halogens is 3. The van der Waals surface area contributed by atoms with Crippen LogP contribution in [0.5, 0.6) is 0 Å². The van der Waals surface area contributed by atoms with Crippen LogP contribution in [0.3, 0.4) is 0 Å². The highest BCUT2D eigenvalue weighted by Gasteiger charge is 2.39. The Morgan fingerprint density at radius 2 is 1.10 bits per heavy atom. The van der Waals surface area contributed by atoms with Crippen molar-refractivity contribution in [3.8, 4) is 0 Å². The van der Waals surface area contributed by atoms with Gasteiger partial charge < -0.3 is 10.5 Å². The molecule has 0 radical (unpaired) electrons. The summed E-state index contributed by atoms with van der Waals surface area (Å²) in [6, 6.07) is 22.5. The van der Waals surface area contributed by atoms with Crippen molar-refractivity contribution in [2.24, 2.45) is 5.73 Å². The maximum Gasteiger partial charge on any atom is 0.307 e. The Labute approximate surface area is 191 Å². The van der Waals surface area contributed by atoms with Crippen molar-refractivity contribution in [1.82, 2.24) is 0 Å². The summed E-state index contributed by atoms with van der Waals surface area (Å²) in [6.45, 7) is 0.747. The molecule has 3 aromatic rings. The summed E-state index contributed by atoms with van der Waals surface area (Å²) in [4.78, 5) is 12.9. The largest absolute Gasteiger partial charge is 0.466 e. The van der Waals surface area contributed by atoms with Gasteiger partial charge in [0.25, 0.3) is 0 Å². The maximum absolute atomic E-state index is 12.9. The second-order valence-corrected chi connectivity index (χ2v) is 8.27. The van der Waals surface area contributed by atoms with Crippen LogP contribution in [-0.4, -0.2) is 19.1 Å². The summed E-state index contributed by atoms with van der Waals surface area (Å²) in [6.07, 6.45) is 0.712. The zero-order valence-electron chi connectivity index (χ0n) is 16.3. The van der Waals surface area contributed by atoms with Crippen LogP contribution in [0.25, 0.3) is 0 Å². The predicted molar refractivity (Wildman–Crippen MR) is 123 cm³/mol. The first-order chi connectivity index (χ1) is 14.5. The third kappa shape index (κ3) is 5.16. The lowest BCUT2D eigenvalue weighted by Gasteiger charge is -2.35. The molecule has 2 N–H and O–H groups in total. The van der Waals surface area contributed by atoms with E-state index in [1.807, 2.05) is 72.8 Å². The van der Waals surface area contributed by atoms with Gasteiger partial charge in [0.05, 0.1) is 18.4 Å². The van der Waals surface area contributed by atoms with Crippen molar-refractivity contribution < 1.29 is 9.53 Å². The van der Waals surface area contributed by atoms with Crippen LogP contribution in [0.1, 0.15) is 29.5 Å². The van der Waals surface area contributed by atoms with E-state index in [1.54, 1.807) is 0 Å². The van der Waals surface area contributed by atoms with Gasteiger partial charge in [0, 0.05) is 15.1 Å². The summed E-state index contributed by atoms with van der Waals surface area (Å²) in [7, 11) is 0. The third-order valence-corrected chi connectivity index (χ3v) is 5.79. The van der Waals surface area contributed by atoms with Gasteiger partial charge in [0.2, 0.25) is 0 Å². The maximum atomic E-state index is 12.9. The molecule has 0 spiro atoms. The lowest BCUT2D eigenvalue weighted by Crippen LogP contribution is -2.33. The van der Waals surface area contributed by atoms with Gasteiger partial charge in [-0.05, 0) is 66.1 Å². The lowest BCUT2D eigenvalue weighted by molar-refractivity contribution is -0.144. The van der Waals surface area contributed by atoms with Crippen LogP contribution < -0.4 is 5.73 Å². The van der Waals surface area contributed by atoms with Crippen LogP contribution in [0, 0.1) is 0 Å². The lowest BCUT2D eigenvalue weighted by atomic mass is 9.67. The highest BCUT2D eigenvalue weighted by Crippen LogP contribution is 2.43. The van der Waals surface area contributed by atoms with E-state index in [1.165, 1.54) is 0 Å². The molecule has 0 heterocycles. The summed E-state index contributed by atoms with van der Waals surface area (Å²) >= 11 is 18.4. The monoisotopic (exact) mass is 461 g/mol. The van der Waals surface area contributed by atoms with Crippen molar-refractivity contribution in [2.75, 3.05) is 13.2 Å². The Hall–Kier alpha value is -2.04. The number of hydrogen-bond acceptors (Lipinski definition) is 3. The Balaban J connectivity index is 2.19. The molecule has 156 valence electrons. The first kappa shape index (κ1) is 22.6. The second-order valence-electron chi connectivity index (χ2n) is 6.97. The normalized spacial score (nSPS) is 11.3. The molecule has 30 heavy (non-hydrogen) atoms. The quantitative estimate of drug-likeness (QED) is 0.244. The van der Waals surface area contributed by atoms with Gasteiger partial charge >= 0.3 is 5.97 Å². The Morgan fingerprint density at radius 3 is 1.43 bits per heavy atom. The van der Waals surface area contributed by atoms with Gasteiger partial charge in [-0.15, -0.1) is 0 Å². The fourth-order valence-corrected chi connectivity index (χ4v) is 3.92. The van der Waals surface area contributed by atoms with E-state index in [0.717, 1.165) is 16.7 Å². The zero-order valence-corrected chi connectivity index (χ0v) is 18.6. The summed E-state index contributed by atoms with van der Waals surface area (Å²) < 4.78 is 5.48. The van der Waals surface area contributed by atoms with E-state index in [-0.39, 0.29) is 19.0 Å². The molecule has 0 aliphatic carbocycles. The van der Waals surface area contributed by atoms with Crippen LogP contribution in [0.2, 0.25) is 15.1 Å². The Kier molecular flexibility index (Phi) is 7.79. The molecule has 3 rings (SSSR count). The van der Waals surface area contributed by atoms with Crippen LogP contribution in [-0.2, 0) is 14.9 Å². The zero-order chi connectivity index (χ0) is 21.6. The Bertz CT molecular complexity index is 860. The molecule has 6 heteroatoms. The van der Waals surface area contributed by atoms with Crippen LogP contribution >= 0.6 is 34.8 Å². The molecule has 0 aliphatic heterocycles. The number of carbonyl (C=O) groups excluding carboxylic acids is 1. The molecule has 0 aromatic heterocycles. The van der Waals surface area contributed by atoms with E-state index < -0.39 is 5.41 Å². The fraction of sp³-hybridized carbons (Fsp3) is 0.208. The summed E-state index contributed by atoms with van der Waals surface area (Å²) in [5.74, 6) is -0.316. The minimum atomic E-state index is -0.806. The smallest absolute Gasteiger partial charge is 0.307 e. The third-order valence-electron chi connectivity index (χ3n) is 5.03. The minimum absolute atomic E-state index is 0.0997. The topological polar surface area (TPSA) is 52.3 Å². The molecular formula is C24H22Cl3NO2. The molecule has 0 saturated carbocycles. The Morgan fingerprint density at radius 1 is 0.733 bits per heavy atom. The number of hydrogen-bond donors (Lipinski definition) is 1. The number of rotatable bonds is 8. The van der Waals surface area contributed by atoms with Gasteiger partial charge in [-0.2, -0.15) is 0 Å².